The Morgan fingerprint density at radius 3 is 2.53 bits per heavy atom. The third-order valence-electron chi connectivity index (χ3n) is 5.06. The highest BCUT2D eigenvalue weighted by Crippen LogP contribution is 2.34. The molecule has 1 heterocycles. The van der Waals surface area contributed by atoms with Crippen LogP contribution in [-0.2, 0) is 9.59 Å². The molecule has 1 saturated heterocycles. The number of aryl methyl sites for hydroxylation is 1. The lowest BCUT2D eigenvalue weighted by Gasteiger charge is -2.21. The summed E-state index contributed by atoms with van der Waals surface area (Å²) in [6.45, 7) is 4.30. The number of benzene rings is 2. The van der Waals surface area contributed by atoms with Crippen LogP contribution in [0.1, 0.15) is 25.3 Å². The van der Waals surface area contributed by atoms with Gasteiger partial charge in [0.25, 0.3) is 0 Å². The second-order valence-corrected chi connectivity index (χ2v) is 7.60. The zero-order chi connectivity index (χ0) is 21.8. The number of halogens is 1. The second-order valence-electron chi connectivity index (χ2n) is 7.19. The van der Waals surface area contributed by atoms with Gasteiger partial charge in [-0.2, -0.15) is 0 Å². The highest BCUT2D eigenvalue weighted by molar-refractivity contribution is 6.31. The highest BCUT2D eigenvalue weighted by atomic mass is 35.5. The van der Waals surface area contributed by atoms with Gasteiger partial charge in [0.1, 0.15) is 17.5 Å². The van der Waals surface area contributed by atoms with Gasteiger partial charge >= 0.3 is 0 Å². The molecule has 0 spiro atoms. The normalized spacial score (nSPS) is 14.4. The molecule has 7 nitrogen and oxygen atoms in total. The fourth-order valence-electron chi connectivity index (χ4n) is 3.38. The van der Waals surface area contributed by atoms with Crippen LogP contribution in [0, 0.1) is 6.92 Å². The van der Waals surface area contributed by atoms with E-state index in [1.165, 1.54) is 7.11 Å². The second kappa shape index (κ2) is 9.26. The molecule has 2 amide bonds. The maximum atomic E-state index is 12.7. The van der Waals surface area contributed by atoms with Crippen LogP contribution in [0.25, 0.3) is 0 Å². The molecule has 0 radical (unpaired) electrons. The van der Waals surface area contributed by atoms with Gasteiger partial charge in [0.2, 0.25) is 11.8 Å². The summed E-state index contributed by atoms with van der Waals surface area (Å²) in [5, 5.41) is 6.61. The minimum Gasteiger partial charge on any atom is -0.495 e. The predicted octanol–water partition coefficient (Wildman–Crippen LogP) is 4.23. The molecular formula is C22H26ClN3O4. The number of methoxy groups -OCH3 is 2. The van der Waals surface area contributed by atoms with Gasteiger partial charge in [-0.1, -0.05) is 11.6 Å². The van der Waals surface area contributed by atoms with Gasteiger partial charge in [0, 0.05) is 35.8 Å². The molecule has 160 valence electrons. The number of hydrogen-bond donors (Lipinski definition) is 2. The van der Waals surface area contributed by atoms with Crippen molar-refractivity contribution in [2.24, 2.45) is 0 Å². The average molecular weight is 432 g/mol. The summed E-state index contributed by atoms with van der Waals surface area (Å²) in [7, 11) is 3.09. The van der Waals surface area contributed by atoms with Crippen LogP contribution in [0.3, 0.4) is 0 Å². The highest BCUT2D eigenvalue weighted by Gasteiger charge is 2.25. The quantitative estimate of drug-likeness (QED) is 0.685. The van der Waals surface area contributed by atoms with Crippen molar-refractivity contribution >= 4 is 40.5 Å². The van der Waals surface area contributed by atoms with E-state index in [-0.39, 0.29) is 11.8 Å². The van der Waals surface area contributed by atoms with E-state index in [4.69, 9.17) is 21.1 Å². The van der Waals surface area contributed by atoms with E-state index < -0.39 is 6.04 Å². The number of hydrogen-bond acceptors (Lipinski definition) is 5. The Balaban J connectivity index is 1.72. The lowest BCUT2D eigenvalue weighted by molar-refractivity contribution is -0.117. The van der Waals surface area contributed by atoms with Crippen molar-refractivity contribution in [3.05, 3.63) is 40.9 Å². The predicted molar refractivity (Wildman–Crippen MR) is 119 cm³/mol. The van der Waals surface area contributed by atoms with Gasteiger partial charge in [-0.05, 0) is 44.0 Å². The Labute approximate surface area is 181 Å². The molecule has 0 saturated carbocycles. The summed E-state index contributed by atoms with van der Waals surface area (Å²) in [4.78, 5) is 26.5. The maximum Gasteiger partial charge on any atom is 0.246 e. The van der Waals surface area contributed by atoms with Gasteiger partial charge in [0.05, 0.1) is 25.6 Å². The molecule has 0 aliphatic carbocycles. The number of carbonyl (C=O) groups excluding carboxylic acids is 2. The Hall–Kier alpha value is -2.93. The summed E-state index contributed by atoms with van der Waals surface area (Å²) in [6, 6.07) is 8.37. The van der Waals surface area contributed by atoms with Crippen LogP contribution in [-0.4, -0.2) is 38.6 Å². The van der Waals surface area contributed by atoms with E-state index in [0.29, 0.717) is 40.9 Å². The summed E-state index contributed by atoms with van der Waals surface area (Å²) in [5.74, 6) is 0.937. The molecule has 2 N–H and O–H groups in total. The van der Waals surface area contributed by atoms with Crippen molar-refractivity contribution in [3.63, 3.8) is 0 Å². The van der Waals surface area contributed by atoms with Crippen LogP contribution in [0.4, 0.5) is 17.1 Å². The molecule has 30 heavy (non-hydrogen) atoms. The number of amides is 2. The van der Waals surface area contributed by atoms with E-state index in [1.807, 2.05) is 19.1 Å². The standard InChI is InChI=1S/C22H26ClN3O4/c1-13-10-17(19(29-3)12-16(13)23)25-22(28)14(2)24-15-7-8-18(20(11-15)30-4)26-9-5-6-21(26)27/h7-8,10-12,14,24H,5-6,9H2,1-4H3,(H,25,28)/t14-/m1/s1. The Bertz CT molecular complexity index is 964. The number of rotatable bonds is 7. The van der Waals surface area contributed by atoms with E-state index in [2.05, 4.69) is 10.6 Å². The number of ether oxygens (including phenoxy) is 2. The minimum atomic E-state index is -0.533. The van der Waals surface area contributed by atoms with E-state index >= 15 is 0 Å². The molecule has 3 rings (SSSR count). The number of nitrogens with one attached hydrogen (secondary N) is 2. The van der Waals surface area contributed by atoms with Gasteiger partial charge in [0.15, 0.2) is 0 Å². The van der Waals surface area contributed by atoms with E-state index in [9.17, 15) is 9.59 Å². The Morgan fingerprint density at radius 2 is 1.90 bits per heavy atom. The molecule has 2 aromatic carbocycles. The first-order chi connectivity index (χ1) is 14.3. The zero-order valence-electron chi connectivity index (χ0n) is 17.5. The molecule has 0 unspecified atom stereocenters. The van der Waals surface area contributed by atoms with E-state index in [1.54, 1.807) is 37.1 Å². The number of nitrogens with zero attached hydrogens (tertiary/aromatic N) is 1. The first-order valence-corrected chi connectivity index (χ1v) is 10.1. The number of anilines is 3. The molecule has 1 fully saturated rings. The lowest BCUT2D eigenvalue weighted by atomic mass is 10.2. The van der Waals surface area contributed by atoms with Gasteiger partial charge in [-0.3, -0.25) is 9.59 Å². The smallest absolute Gasteiger partial charge is 0.246 e. The summed E-state index contributed by atoms with van der Waals surface area (Å²) in [6.07, 6.45) is 1.39. The Kier molecular flexibility index (Phi) is 6.72. The summed E-state index contributed by atoms with van der Waals surface area (Å²) in [5.41, 5.74) is 2.84. The van der Waals surface area contributed by atoms with Crippen molar-refractivity contribution in [2.75, 3.05) is 36.3 Å². The van der Waals surface area contributed by atoms with E-state index in [0.717, 1.165) is 17.7 Å². The monoisotopic (exact) mass is 431 g/mol. The molecule has 8 heteroatoms. The van der Waals surface area contributed by atoms with Crippen LogP contribution >= 0.6 is 11.6 Å². The Morgan fingerprint density at radius 1 is 1.17 bits per heavy atom. The number of carbonyl (C=O) groups is 2. The van der Waals surface area contributed by atoms with Crippen molar-refractivity contribution in [1.82, 2.24) is 0 Å². The van der Waals surface area contributed by atoms with Crippen molar-refractivity contribution in [2.45, 2.75) is 32.7 Å². The van der Waals surface area contributed by atoms with Crippen LogP contribution < -0.4 is 25.0 Å². The van der Waals surface area contributed by atoms with Gasteiger partial charge < -0.3 is 25.0 Å². The third kappa shape index (κ3) is 4.62. The SMILES string of the molecule is COc1cc(Cl)c(C)cc1NC(=O)[C@@H](C)Nc1ccc(N2CCCC2=O)c(OC)c1. The largest absolute Gasteiger partial charge is 0.495 e. The average Bonchev–Trinajstić information content (AvgIpc) is 3.15. The van der Waals surface area contributed by atoms with Gasteiger partial charge in [-0.25, -0.2) is 0 Å². The fraction of sp³-hybridized carbons (Fsp3) is 0.364. The molecule has 2 aromatic rings. The molecule has 1 aliphatic rings. The van der Waals surface area contributed by atoms with Crippen molar-refractivity contribution in [3.8, 4) is 11.5 Å². The van der Waals surface area contributed by atoms with Gasteiger partial charge in [-0.15, -0.1) is 0 Å². The van der Waals surface area contributed by atoms with Crippen LogP contribution in [0.5, 0.6) is 11.5 Å². The molecule has 0 aromatic heterocycles. The first-order valence-electron chi connectivity index (χ1n) is 9.74. The summed E-state index contributed by atoms with van der Waals surface area (Å²) >= 11 is 6.13. The third-order valence-corrected chi connectivity index (χ3v) is 5.47. The fourth-order valence-corrected chi connectivity index (χ4v) is 3.53. The minimum absolute atomic E-state index is 0.0916. The van der Waals surface area contributed by atoms with Crippen molar-refractivity contribution < 1.29 is 19.1 Å². The zero-order valence-corrected chi connectivity index (χ0v) is 18.3. The molecular weight excluding hydrogens is 406 g/mol. The molecule has 1 atom stereocenters. The van der Waals surface area contributed by atoms with Crippen LogP contribution in [0.15, 0.2) is 30.3 Å². The van der Waals surface area contributed by atoms with Crippen molar-refractivity contribution in [1.29, 1.82) is 0 Å². The lowest BCUT2D eigenvalue weighted by Crippen LogP contribution is -2.32. The molecule has 0 bridgehead atoms. The first kappa shape index (κ1) is 21.8. The molecule has 1 aliphatic heterocycles. The maximum absolute atomic E-state index is 12.7. The summed E-state index contributed by atoms with van der Waals surface area (Å²) < 4.78 is 10.8. The topological polar surface area (TPSA) is 79.9 Å². The van der Waals surface area contributed by atoms with Crippen LogP contribution in [0.2, 0.25) is 5.02 Å².